The monoisotopic (exact) mass is 266 g/mol. The van der Waals surface area contributed by atoms with Gasteiger partial charge in [0, 0.05) is 56.1 Å². The van der Waals surface area contributed by atoms with Crippen LogP contribution < -0.4 is 9.80 Å². The molecule has 2 aliphatic heterocycles. The molecule has 0 spiro atoms. The van der Waals surface area contributed by atoms with E-state index < -0.39 is 0 Å². The number of nitrogens with zero attached hydrogens (tertiary/aromatic N) is 4. The van der Waals surface area contributed by atoms with E-state index in [0.717, 1.165) is 44.0 Å². The lowest BCUT2D eigenvalue weighted by atomic mass is 10.0. The number of anilines is 2. The van der Waals surface area contributed by atoms with Gasteiger partial charge in [0.1, 0.15) is 0 Å². The van der Waals surface area contributed by atoms with E-state index in [4.69, 9.17) is 0 Å². The Morgan fingerprint density at radius 3 is 2.00 bits per heavy atom. The highest BCUT2D eigenvalue weighted by atomic mass is 15.3. The molecule has 0 N–H and O–H groups in total. The molecule has 4 nitrogen and oxygen atoms in total. The maximum absolute atomic E-state index is 4.37. The largest absolute Gasteiger partial charge is 0.371 e. The van der Waals surface area contributed by atoms with Crippen LogP contribution in [0.5, 0.6) is 0 Å². The van der Waals surface area contributed by atoms with Crippen LogP contribution in [0.2, 0.25) is 0 Å². The molecule has 1 aromatic heterocycles. The Balaban J connectivity index is 1.46. The van der Waals surface area contributed by atoms with Crippen molar-refractivity contribution in [3.05, 3.63) is 48.8 Å². The van der Waals surface area contributed by atoms with Gasteiger partial charge in [-0.25, -0.2) is 9.97 Å². The molecule has 3 heterocycles. The lowest BCUT2D eigenvalue weighted by Crippen LogP contribution is -2.29. The Kier molecular flexibility index (Phi) is 2.80. The van der Waals surface area contributed by atoms with Crippen molar-refractivity contribution in [3.63, 3.8) is 0 Å². The van der Waals surface area contributed by atoms with E-state index in [1.54, 1.807) is 0 Å². The average molecular weight is 266 g/mol. The minimum Gasteiger partial charge on any atom is -0.371 e. The molecule has 0 radical (unpaired) electrons. The molecule has 1 aromatic carbocycles. The third-order valence-electron chi connectivity index (χ3n) is 4.44. The highest BCUT2D eigenvalue weighted by Crippen LogP contribution is 2.34. The fourth-order valence-electron chi connectivity index (χ4n) is 3.46. The van der Waals surface area contributed by atoms with Crippen molar-refractivity contribution in [2.24, 2.45) is 11.8 Å². The van der Waals surface area contributed by atoms with Crippen molar-refractivity contribution in [1.82, 2.24) is 9.97 Å². The van der Waals surface area contributed by atoms with Gasteiger partial charge < -0.3 is 9.80 Å². The lowest BCUT2D eigenvalue weighted by molar-refractivity contribution is 0.533. The van der Waals surface area contributed by atoms with E-state index in [2.05, 4.69) is 50.1 Å². The molecule has 2 aromatic rings. The fourth-order valence-corrected chi connectivity index (χ4v) is 3.46. The highest BCUT2D eigenvalue weighted by molar-refractivity contribution is 5.48. The van der Waals surface area contributed by atoms with Crippen LogP contribution in [-0.4, -0.2) is 36.1 Å². The van der Waals surface area contributed by atoms with Gasteiger partial charge >= 0.3 is 0 Å². The molecule has 2 aliphatic rings. The van der Waals surface area contributed by atoms with Gasteiger partial charge in [-0.3, -0.25) is 0 Å². The van der Waals surface area contributed by atoms with Crippen LogP contribution in [-0.2, 0) is 0 Å². The SMILES string of the molecule is c1ccc(N2CC3CN(c4ncccn4)CC3C2)cc1. The Hall–Kier alpha value is -2.10. The van der Waals surface area contributed by atoms with E-state index >= 15 is 0 Å². The summed E-state index contributed by atoms with van der Waals surface area (Å²) in [4.78, 5) is 13.6. The van der Waals surface area contributed by atoms with Crippen molar-refractivity contribution in [2.45, 2.75) is 0 Å². The quantitative estimate of drug-likeness (QED) is 0.833. The van der Waals surface area contributed by atoms with Crippen LogP contribution in [0, 0.1) is 11.8 Å². The molecule has 0 aliphatic carbocycles. The molecule has 4 heteroatoms. The number of rotatable bonds is 2. The second-order valence-electron chi connectivity index (χ2n) is 5.71. The molecule has 2 atom stereocenters. The first-order valence-electron chi connectivity index (χ1n) is 7.22. The molecule has 0 bridgehead atoms. The van der Waals surface area contributed by atoms with Crippen LogP contribution in [0.25, 0.3) is 0 Å². The fraction of sp³-hybridized carbons (Fsp3) is 0.375. The van der Waals surface area contributed by atoms with Crippen molar-refractivity contribution in [3.8, 4) is 0 Å². The Morgan fingerprint density at radius 1 is 0.750 bits per heavy atom. The van der Waals surface area contributed by atoms with Crippen molar-refractivity contribution in [1.29, 1.82) is 0 Å². The Bertz CT molecular complexity index is 506. The van der Waals surface area contributed by atoms with Crippen molar-refractivity contribution >= 4 is 11.6 Å². The first kappa shape index (κ1) is 11.7. The molecule has 0 amide bonds. The molecule has 2 saturated heterocycles. The van der Waals surface area contributed by atoms with E-state index in [-0.39, 0.29) is 0 Å². The molecular formula is C16H18N4. The first-order chi connectivity index (χ1) is 9.90. The summed E-state index contributed by atoms with van der Waals surface area (Å²) in [5, 5.41) is 0. The van der Waals surface area contributed by atoms with E-state index in [0.29, 0.717) is 0 Å². The Morgan fingerprint density at radius 2 is 1.35 bits per heavy atom. The Labute approximate surface area is 119 Å². The van der Waals surface area contributed by atoms with Crippen LogP contribution in [0.15, 0.2) is 48.8 Å². The first-order valence-corrected chi connectivity index (χ1v) is 7.22. The highest BCUT2D eigenvalue weighted by Gasteiger charge is 2.40. The summed E-state index contributed by atoms with van der Waals surface area (Å²) in [5.74, 6) is 2.35. The topological polar surface area (TPSA) is 32.3 Å². The average Bonchev–Trinajstić information content (AvgIpc) is 3.08. The summed E-state index contributed by atoms with van der Waals surface area (Å²) in [6.07, 6.45) is 3.65. The molecular weight excluding hydrogens is 248 g/mol. The zero-order valence-electron chi connectivity index (χ0n) is 11.4. The van der Waals surface area contributed by atoms with E-state index in [1.807, 2.05) is 18.5 Å². The van der Waals surface area contributed by atoms with Gasteiger partial charge in [0.15, 0.2) is 0 Å². The standard InChI is InChI=1S/C16H18N4/c1-2-5-15(6-3-1)19-9-13-11-20(12-14(13)10-19)16-17-7-4-8-18-16/h1-8,13-14H,9-12H2. The van der Waals surface area contributed by atoms with Crippen LogP contribution in [0.1, 0.15) is 0 Å². The van der Waals surface area contributed by atoms with Gasteiger partial charge in [0.25, 0.3) is 0 Å². The summed E-state index contributed by atoms with van der Waals surface area (Å²) in [6.45, 7) is 4.46. The minimum absolute atomic E-state index is 0.735. The maximum atomic E-state index is 4.37. The zero-order valence-corrected chi connectivity index (χ0v) is 11.4. The van der Waals surface area contributed by atoms with Crippen molar-refractivity contribution < 1.29 is 0 Å². The predicted octanol–water partition coefficient (Wildman–Crippen LogP) is 2.05. The number of hydrogen-bond acceptors (Lipinski definition) is 4. The minimum atomic E-state index is 0.735. The van der Waals surface area contributed by atoms with Gasteiger partial charge in [0.2, 0.25) is 5.95 Å². The molecule has 102 valence electrons. The van der Waals surface area contributed by atoms with Crippen LogP contribution in [0.3, 0.4) is 0 Å². The van der Waals surface area contributed by atoms with Crippen molar-refractivity contribution in [2.75, 3.05) is 36.0 Å². The number of benzene rings is 1. The van der Waals surface area contributed by atoms with Crippen LogP contribution >= 0.6 is 0 Å². The molecule has 20 heavy (non-hydrogen) atoms. The number of fused-ring (bicyclic) bond motifs is 1. The molecule has 4 rings (SSSR count). The summed E-state index contributed by atoms with van der Waals surface area (Å²) in [5.41, 5.74) is 1.35. The van der Waals surface area contributed by atoms with Gasteiger partial charge in [-0.1, -0.05) is 18.2 Å². The van der Waals surface area contributed by atoms with Gasteiger partial charge in [-0.15, -0.1) is 0 Å². The second kappa shape index (κ2) is 4.78. The molecule has 2 unspecified atom stereocenters. The zero-order chi connectivity index (χ0) is 13.4. The van der Waals surface area contributed by atoms with E-state index in [9.17, 15) is 0 Å². The third-order valence-corrected chi connectivity index (χ3v) is 4.44. The lowest BCUT2D eigenvalue weighted by Gasteiger charge is -2.23. The third kappa shape index (κ3) is 2.01. The van der Waals surface area contributed by atoms with Gasteiger partial charge in [0.05, 0.1) is 0 Å². The van der Waals surface area contributed by atoms with Gasteiger partial charge in [-0.2, -0.15) is 0 Å². The predicted molar refractivity (Wildman–Crippen MR) is 79.9 cm³/mol. The number of para-hydroxylation sites is 1. The number of aromatic nitrogens is 2. The van der Waals surface area contributed by atoms with Crippen LogP contribution in [0.4, 0.5) is 11.6 Å². The summed E-state index contributed by atoms with van der Waals surface area (Å²) < 4.78 is 0. The molecule has 0 saturated carbocycles. The van der Waals surface area contributed by atoms with Gasteiger partial charge in [-0.05, 0) is 18.2 Å². The maximum Gasteiger partial charge on any atom is 0.225 e. The van der Waals surface area contributed by atoms with E-state index in [1.165, 1.54) is 5.69 Å². The second-order valence-corrected chi connectivity index (χ2v) is 5.71. The normalized spacial score (nSPS) is 25.0. The smallest absolute Gasteiger partial charge is 0.225 e. The summed E-state index contributed by atoms with van der Waals surface area (Å²) >= 11 is 0. The molecule has 2 fully saturated rings. The summed E-state index contributed by atoms with van der Waals surface area (Å²) in [7, 11) is 0. The number of hydrogen-bond donors (Lipinski definition) is 0. The summed E-state index contributed by atoms with van der Waals surface area (Å²) in [6, 6.07) is 12.6.